The van der Waals surface area contributed by atoms with Gasteiger partial charge in [0.1, 0.15) is 4.88 Å². The Hall–Kier alpha value is -1.75. The van der Waals surface area contributed by atoms with Crippen LogP contribution in [0.1, 0.15) is 38.9 Å². The van der Waals surface area contributed by atoms with Crippen LogP contribution in [0.3, 0.4) is 0 Å². The van der Waals surface area contributed by atoms with Crippen molar-refractivity contribution in [3.63, 3.8) is 0 Å². The zero-order valence-electron chi connectivity index (χ0n) is 10.6. The van der Waals surface area contributed by atoms with E-state index in [0.29, 0.717) is 4.88 Å². The first-order valence-electron chi connectivity index (χ1n) is 5.72. The number of nitrogens with zero attached hydrogens (tertiary/aromatic N) is 2. The number of rotatable bonds is 3. The Morgan fingerprint density at radius 1 is 1.33 bits per heavy atom. The molecule has 0 aromatic carbocycles. The summed E-state index contributed by atoms with van der Waals surface area (Å²) in [5, 5.41) is 3.88. The Balaban J connectivity index is 2.10. The maximum Gasteiger partial charge on any atom is 0.263 e. The number of aryl methyl sites for hydroxylation is 2. The number of hydrogen-bond donors (Lipinski definition) is 1. The number of carbonyl (C=O) groups excluding carboxylic acids is 1. The van der Waals surface area contributed by atoms with E-state index in [4.69, 9.17) is 0 Å². The zero-order valence-corrected chi connectivity index (χ0v) is 11.4. The smallest absolute Gasteiger partial charge is 0.263 e. The molecule has 1 amide bonds. The number of carbonyl (C=O) groups is 1. The third-order valence-corrected chi connectivity index (χ3v) is 3.74. The van der Waals surface area contributed by atoms with Crippen LogP contribution in [0.2, 0.25) is 0 Å². The normalized spacial score (nSPS) is 12.2. The fourth-order valence-corrected chi connectivity index (χ4v) is 2.56. The molecule has 0 saturated carbocycles. The molecule has 2 rings (SSSR count). The van der Waals surface area contributed by atoms with Gasteiger partial charge >= 0.3 is 0 Å². The average molecular weight is 261 g/mol. The van der Waals surface area contributed by atoms with E-state index in [2.05, 4.69) is 15.3 Å². The summed E-state index contributed by atoms with van der Waals surface area (Å²) in [4.78, 5) is 21.0. The number of amides is 1. The predicted octanol–water partition coefficient (Wildman–Crippen LogP) is 2.65. The molecular weight excluding hydrogens is 246 g/mol. The Labute approximate surface area is 110 Å². The van der Waals surface area contributed by atoms with E-state index >= 15 is 0 Å². The predicted molar refractivity (Wildman–Crippen MR) is 71.7 cm³/mol. The Morgan fingerprint density at radius 3 is 2.56 bits per heavy atom. The highest BCUT2D eigenvalue weighted by Gasteiger charge is 2.16. The Kier molecular flexibility index (Phi) is 3.72. The van der Waals surface area contributed by atoms with Gasteiger partial charge in [-0.05, 0) is 38.5 Å². The second-order valence-electron chi connectivity index (χ2n) is 4.12. The summed E-state index contributed by atoms with van der Waals surface area (Å²) < 4.78 is 0. The Bertz CT molecular complexity index is 551. The van der Waals surface area contributed by atoms with Gasteiger partial charge in [0.05, 0.1) is 16.7 Å². The number of hydrogen-bond acceptors (Lipinski definition) is 4. The molecule has 0 radical (unpaired) electrons. The van der Waals surface area contributed by atoms with Crippen molar-refractivity contribution < 1.29 is 4.79 Å². The van der Waals surface area contributed by atoms with E-state index in [0.717, 1.165) is 16.3 Å². The number of aromatic nitrogens is 2. The van der Waals surface area contributed by atoms with Crippen molar-refractivity contribution >= 4 is 17.2 Å². The van der Waals surface area contributed by atoms with Gasteiger partial charge in [-0.15, -0.1) is 11.3 Å². The Morgan fingerprint density at radius 2 is 2.00 bits per heavy atom. The maximum atomic E-state index is 12.1. The van der Waals surface area contributed by atoms with Crippen LogP contribution in [0.5, 0.6) is 0 Å². The summed E-state index contributed by atoms with van der Waals surface area (Å²) in [5.41, 5.74) is 1.83. The van der Waals surface area contributed by atoms with Crippen LogP contribution in [0.25, 0.3) is 0 Å². The molecule has 94 valence electrons. The van der Waals surface area contributed by atoms with Crippen LogP contribution in [-0.4, -0.2) is 15.9 Å². The fourth-order valence-electron chi connectivity index (χ4n) is 1.74. The lowest BCUT2D eigenvalue weighted by atomic mass is 10.1. The molecule has 0 aliphatic carbocycles. The fraction of sp³-hybridized carbons (Fsp3) is 0.308. The van der Waals surface area contributed by atoms with Gasteiger partial charge in [-0.1, -0.05) is 0 Å². The maximum absolute atomic E-state index is 12.1. The monoisotopic (exact) mass is 261 g/mol. The summed E-state index contributed by atoms with van der Waals surface area (Å²) in [6.45, 7) is 5.71. The average Bonchev–Trinajstić information content (AvgIpc) is 2.69. The molecule has 0 saturated heterocycles. The standard InChI is InChI=1S/C13H15N3OS/c1-8(11-4-6-14-7-5-11)16-13(17)12-9(2)15-10(3)18-12/h4-8H,1-3H3,(H,16,17)/t8-/m0/s1. The first-order chi connectivity index (χ1) is 8.58. The quantitative estimate of drug-likeness (QED) is 0.924. The third kappa shape index (κ3) is 2.73. The largest absolute Gasteiger partial charge is 0.345 e. The molecule has 0 spiro atoms. The minimum Gasteiger partial charge on any atom is -0.345 e. The van der Waals surface area contributed by atoms with Crippen molar-refractivity contribution in [3.8, 4) is 0 Å². The van der Waals surface area contributed by atoms with Gasteiger partial charge in [0.25, 0.3) is 5.91 Å². The molecule has 0 aliphatic rings. The molecule has 0 aliphatic heterocycles. The van der Waals surface area contributed by atoms with Crippen molar-refractivity contribution in [1.82, 2.24) is 15.3 Å². The van der Waals surface area contributed by atoms with E-state index < -0.39 is 0 Å². The highest BCUT2D eigenvalue weighted by Crippen LogP contribution is 2.18. The minimum absolute atomic E-state index is 0.0395. The molecule has 18 heavy (non-hydrogen) atoms. The van der Waals surface area contributed by atoms with E-state index in [1.165, 1.54) is 11.3 Å². The highest BCUT2D eigenvalue weighted by atomic mass is 32.1. The summed E-state index contributed by atoms with van der Waals surface area (Å²) in [6.07, 6.45) is 3.44. The third-order valence-electron chi connectivity index (χ3n) is 2.66. The zero-order chi connectivity index (χ0) is 13.1. The van der Waals surface area contributed by atoms with Gasteiger partial charge in [-0.3, -0.25) is 9.78 Å². The van der Waals surface area contributed by atoms with Gasteiger partial charge in [0.2, 0.25) is 0 Å². The first kappa shape index (κ1) is 12.7. The van der Waals surface area contributed by atoms with E-state index in [-0.39, 0.29) is 11.9 Å². The molecule has 0 unspecified atom stereocenters. The summed E-state index contributed by atoms with van der Waals surface area (Å²) in [5.74, 6) is -0.0672. The SMILES string of the molecule is Cc1nc(C)c(C(=O)N[C@@H](C)c2ccncc2)s1. The summed E-state index contributed by atoms with van der Waals surface area (Å²) >= 11 is 1.42. The van der Waals surface area contributed by atoms with E-state index in [1.54, 1.807) is 12.4 Å². The molecule has 2 aromatic heterocycles. The number of nitrogens with one attached hydrogen (secondary N) is 1. The van der Waals surface area contributed by atoms with Crippen molar-refractivity contribution in [1.29, 1.82) is 0 Å². The summed E-state index contributed by atoms with van der Waals surface area (Å²) in [6, 6.07) is 3.76. The van der Waals surface area contributed by atoms with Crippen molar-refractivity contribution in [2.24, 2.45) is 0 Å². The van der Waals surface area contributed by atoms with Crippen LogP contribution in [0, 0.1) is 13.8 Å². The topological polar surface area (TPSA) is 54.9 Å². The van der Waals surface area contributed by atoms with Gasteiger partial charge in [0.15, 0.2) is 0 Å². The van der Waals surface area contributed by atoms with Crippen molar-refractivity contribution in [2.75, 3.05) is 0 Å². The second-order valence-corrected chi connectivity index (χ2v) is 5.33. The summed E-state index contributed by atoms with van der Waals surface area (Å²) in [7, 11) is 0. The van der Waals surface area contributed by atoms with Gasteiger partial charge in [-0.2, -0.15) is 0 Å². The second kappa shape index (κ2) is 5.27. The molecular formula is C13H15N3OS. The lowest BCUT2D eigenvalue weighted by Crippen LogP contribution is -2.26. The van der Waals surface area contributed by atoms with Crippen LogP contribution in [0.4, 0.5) is 0 Å². The van der Waals surface area contributed by atoms with Gasteiger partial charge in [0, 0.05) is 12.4 Å². The number of pyridine rings is 1. The van der Waals surface area contributed by atoms with E-state index in [1.807, 2.05) is 32.9 Å². The molecule has 0 fully saturated rings. The molecule has 2 heterocycles. The lowest BCUT2D eigenvalue weighted by Gasteiger charge is -2.13. The van der Waals surface area contributed by atoms with Crippen LogP contribution in [-0.2, 0) is 0 Å². The molecule has 2 aromatic rings. The van der Waals surface area contributed by atoms with Crippen LogP contribution in [0.15, 0.2) is 24.5 Å². The molecule has 1 N–H and O–H groups in total. The van der Waals surface area contributed by atoms with Gasteiger partial charge in [-0.25, -0.2) is 4.98 Å². The first-order valence-corrected chi connectivity index (χ1v) is 6.54. The van der Waals surface area contributed by atoms with E-state index in [9.17, 15) is 4.79 Å². The lowest BCUT2D eigenvalue weighted by molar-refractivity contribution is 0.0943. The number of thiazole rings is 1. The molecule has 4 nitrogen and oxygen atoms in total. The van der Waals surface area contributed by atoms with Crippen LogP contribution < -0.4 is 5.32 Å². The molecule has 5 heteroatoms. The van der Waals surface area contributed by atoms with Crippen molar-refractivity contribution in [2.45, 2.75) is 26.8 Å². The van der Waals surface area contributed by atoms with Crippen LogP contribution >= 0.6 is 11.3 Å². The highest BCUT2D eigenvalue weighted by molar-refractivity contribution is 7.13. The van der Waals surface area contributed by atoms with Crippen molar-refractivity contribution in [3.05, 3.63) is 45.7 Å². The minimum atomic E-state index is -0.0672. The van der Waals surface area contributed by atoms with Gasteiger partial charge < -0.3 is 5.32 Å². The molecule has 1 atom stereocenters. The molecule has 0 bridgehead atoms.